The van der Waals surface area contributed by atoms with Gasteiger partial charge in [0.25, 0.3) is 5.91 Å². The molecule has 1 aliphatic rings. The number of rotatable bonds is 4. The summed E-state index contributed by atoms with van der Waals surface area (Å²) < 4.78 is 9.68. The van der Waals surface area contributed by atoms with Crippen LogP contribution < -0.4 is 11.1 Å². The molecule has 18 heavy (non-hydrogen) atoms. The molecule has 1 unspecified atom stereocenters. The Bertz CT molecular complexity index is 459. The third-order valence-corrected chi connectivity index (χ3v) is 2.67. The summed E-state index contributed by atoms with van der Waals surface area (Å²) in [6, 6.07) is 0.223. The first-order valence-corrected chi connectivity index (χ1v) is 5.72. The van der Waals surface area contributed by atoms with Crippen LogP contribution in [0.15, 0.2) is 4.52 Å². The third kappa shape index (κ3) is 2.61. The van der Waals surface area contributed by atoms with Gasteiger partial charge in [-0.2, -0.15) is 0 Å². The van der Waals surface area contributed by atoms with Crippen molar-refractivity contribution in [3.05, 3.63) is 11.3 Å². The van der Waals surface area contributed by atoms with Gasteiger partial charge < -0.3 is 20.3 Å². The number of hydrogen-bond acceptors (Lipinski definition) is 6. The molecule has 0 radical (unpaired) electrons. The van der Waals surface area contributed by atoms with Crippen LogP contribution in [-0.4, -0.2) is 29.2 Å². The fraction of sp³-hybridized carbons (Fsp3) is 0.545. The molecular formula is C11H15N3O4. The first kappa shape index (κ1) is 12.4. The van der Waals surface area contributed by atoms with Crippen molar-refractivity contribution in [2.24, 2.45) is 0 Å². The minimum atomic E-state index is -0.869. The van der Waals surface area contributed by atoms with Crippen molar-refractivity contribution in [3.8, 4) is 0 Å². The van der Waals surface area contributed by atoms with Gasteiger partial charge in [-0.15, -0.1) is 0 Å². The number of amides is 1. The molecule has 0 aromatic carbocycles. The normalized spacial score (nSPS) is 16.1. The van der Waals surface area contributed by atoms with Crippen molar-refractivity contribution >= 4 is 17.8 Å². The summed E-state index contributed by atoms with van der Waals surface area (Å²) in [7, 11) is 0. The van der Waals surface area contributed by atoms with Gasteiger partial charge in [-0.1, -0.05) is 5.16 Å². The Kier molecular flexibility index (Phi) is 3.22. The van der Waals surface area contributed by atoms with Crippen molar-refractivity contribution in [3.63, 3.8) is 0 Å². The number of nitrogens with zero attached hydrogens (tertiary/aromatic N) is 1. The highest BCUT2D eigenvalue weighted by Crippen LogP contribution is 2.20. The van der Waals surface area contributed by atoms with Crippen molar-refractivity contribution in [2.45, 2.75) is 38.8 Å². The number of nitrogens with two attached hydrogens (primary N) is 1. The number of aryl methyl sites for hydroxylation is 1. The van der Waals surface area contributed by atoms with E-state index in [0.29, 0.717) is 5.69 Å². The van der Waals surface area contributed by atoms with E-state index in [1.807, 2.05) is 0 Å². The lowest BCUT2D eigenvalue weighted by atomic mass is 10.2. The fourth-order valence-electron chi connectivity index (χ4n) is 1.45. The topological polar surface area (TPSA) is 107 Å². The van der Waals surface area contributed by atoms with Gasteiger partial charge in [0.05, 0.1) is 5.69 Å². The van der Waals surface area contributed by atoms with Gasteiger partial charge in [0.1, 0.15) is 5.56 Å². The number of esters is 1. The molecule has 2 rings (SSSR count). The second-order valence-corrected chi connectivity index (χ2v) is 4.34. The second-order valence-electron chi connectivity index (χ2n) is 4.34. The van der Waals surface area contributed by atoms with Gasteiger partial charge in [-0.25, -0.2) is 4.79 Å². The molecule has 0 aliphatic heterocycles. The predicted octanol–water partition coefficient (Wildman–Crippen LogP) is 0.389. The van der Waals surface area contributed by atoms with Crippen LogP contribution in [0.2, 0.25) is 0 Å². The Morgan fingerprint density at radius 1 is 1.56 bits per heavy atom. The molecule has 98 valence electrons. The van der Waals surface area contributed by atoms with Crippen LogP contribution in [0.5, 0.6) is 0 Å². The van der Waals surface area contributed by atoms with Crippen LogP contribution in [0.1, 0.15) is 35.8 Å². The number of carbonyl (C=O) groups excluding carboxylic acids is 2. The van der Waals surface area contributed by atoms with Gasteiger partial charge in [-0.3, -0.25) is 4.79 Å². The Hall–Kier alpha value is -2.05. The molecule has 0 saturated heterocycles. The van der Waals surface area contributed by atoms with Crippen LogP contribution in [0.3, 0.4) is 0 Å². The number of carbonyl (C=O) groups is 2. The minimum Gasteiger partial charge on any atom is -0.449 e. The molecule has 1 fully saturated rings. The van der Waals surface area contributed by atoms with Crippen molar-refractivity contribution in [1.29, 1.82) is 0 Å². The molecule has 1 aromatic heterocycles. The number of ether oxygens (including phenoxy) is 1. The summed E-state index contributed by atoms with van der Waals surface area (Å²) in [5.41, 5.74) is 5.86. The molecule has 0 bridgehead atoms. The van der Waals surface area contributed by atoms with Gasteiger partial charge in [0.2, 0.25) is 5.88 Å². The van der Waals surface area contributed by atoms with Crippen molar-refractivity contribution in [1.82, 2.24) is 10.5 Å². The highest BCUT2D eigenvalue weighted by atomic mass is 16.5. The van der Waals surface area contributed by atoms with Crippen LogP contribution in [0, 0.1) is 6.92 Å². The average Bonchev–Trinajstić information content (AvgIpc) is 3.04. The number of nitrogen functional groups attached to an aromatic ring is 1. The van der Waals surface area contributed by atoms with Crippen LogP contribution in [0.25, 0.3) is 0 Å². The van der Waals surface area contributed by atoms with E-state index in [2.05, 4.69) is 15.0 Å². The summed E-state index contributed by atoms with van der Waals surface area (Å²) in [6.45, 7) is 3.08. The third-order valence-electron chi connectivity index (χ3n) is 2.67. The van der Waals surface area contributed by atoms with Crippen LogP contribution >= 0.6 is 0 Å². The maximum atomic E-state index is 11.8. The molecule has 1 saturated carbocycles. The van der Waals surface area contributed by atoms with E-state index in [4.69, 9.17) is 10.5 Å². The quantitative estimate of drug-likeness (QED) is 0.751. The Morgan fingerprint density at radius 2 is 2.22 bits per heavy atom. The highest BCUT2D eigenvalue weighted by molar-refractivity contribution is 5.96. The molecular weight excluding hydrogens is 238 g/mol. The second kappa shape index (κ2) is 4.67. The molecule has 1 atom stereocenters. The molecule has 7 heteroatoms. The smallest absolute Gasteiger partial charge is 0.346 e. The highest BCUT2D eigenvalue weighted by Gasteiger charge is 2.29. The van der Waals surface area contributed by atoms with E-state index in [9.17, 15) is 9.59 Å². The van der Waals surface area contributed by atoms with E-state index >= 15 is 0 Å². The van der Waals surface area contributed by atoms with Crippen molar-refractivity contribution < 1.29 is 18.8 Å². The summed E-state index contributed by atoms with van der Waals surface area (Å²) in [5.74, 6) is -1.12. The van der Waals surface area contributed by atoms with E-state index in [1.165, 1.54) is 6.92 Å². The van der Waals surface area contributed by atoms with Crippen LogP contribution in [0.4, 0.5) is 5.88 Å². The molecule has 1 aliphatic carbocycles. The summed E-state index contributed by atoms with van der Waals surface area (Å²) in [4.78, 5) is 23.4. The Morgan fingerprint density at radius 3 is 2.72 bits per heavy atom. The van der Waals surface area contributed by atoms with E-state index < -0.39 is 12.1 Å². The number of aromatic nitrogens is 1. The lowest BCUT2D eigenvalue weighted by molar-refractivity contribution is -0.129. The van der Waals surface area contributed by atoms with E-state index in [1.54, 1.807) is 6.92 Å². The molecule has 3 N–H and O–H groups in total. The van der Waals surface area contributed by atoms with E-state index in [-0.39, 0.29) is 23.4 Å². The SMILES string of the molecule is Cc1noc(N)c1C(=O)OC(C)C(=O)NC1CC1. The Balaban J connectivity index is 1.96. The monoisotopic (exact) mass is 253 g/mol. The molecule has 1 aromatic rings. The summed E-state index contributed by atoms with van der Waals surface area (Å²) in [6.07, 6.45) is 1.08. The van der Waals surface area contributed by atoms with Gasteiger partial charge >= 0.3 is 5.97 Å². The maximum absolute atomic E-state index is 11.8. The molecule has 1 heterocycles. The summed E-state index contributed by atoms with van der Waals surface area (Å²) in [5, 5.41) is 6.29. The van der Waals surface area contributed by atoms with Crippen LogP contribution in [-0.2, 0) is 9.53 Å². The molecule has 0 spiro atoms. The average molecular weight is 253 g/mol. The number of hydrogen-bond donors (Lipinski definition) is 2. The first-order chi connectivity index (χ1) is 8.49. The predicted molar refractivity (Wildman–Crippen MR) is 61.7 cm³/mol. The van der Waals surface area contributed by atoms with Gasteiger partial charge in [0, 0.05) is 6.04 Å². The minimum absolute atomic E-state index is 0.0704. The fourth-order valence-corrected chi connectivity index (χ4v) is 1.45. The zero-order chi connectivity index (χ0) is 13.3. The Labute approximate surface area is 104 Å². The largest absolute Gasteiger partial charge is 0.449 e. The molecule has 1 amide bonds. The summed E-state index contributed by atoms with van der Waals surface area (Å²) >= 11 is 0. The van der Waals surface area contributed by atoms with Crippen molar-refractivity contribution in [2.75, 3.05) is 5.73 Å². The maximum Gasteiger partial charge on any atom is 0.346 e. The number of anilines is 1. The number of nitrogens with one attached hydrogen (secondary N) is 1. The lowest BCUT2D eigenvalue weighted by Gasteiger charge is -2.12. The van der Waals surface area contributed by atoms with Gasteiger partial charge in [0.15, 0.2) is 6.10 Å². The first-order valence-electron chi connectivity index (χ1n) is 5.72. The van der Waals surface area contributed by atoms with E-state index in [0.717, 1.165) is 12.8 Å². The molecule has 7 nitrogen and oxygen atoms in total. The standard InChI is InChI=1S/C11H15N3O4/c1-5-8(9(12)18-14-5)11(16)17-6(2)10(15)13-7-3-4-7/h6-7H,3-4,12H2,1-2H3,(H,13,15). The zero-order valence-electron chi connectivity index (χ0n) is 10.2. The lowest BCUT2D eigenvalue weighted by Crippen LogP contribution is -2.37. The zero-order valence-corrected chi connectivity index (χ0v) is 10.2. The van der Waals surface area contributed by atoms with Gasteiger partial charge in [-0.05, 0) is 26.7 Å².